The number of hydrogen-bond acceptors (Lipinski definition) is 6. The summed E-state index contributed by atoms with van der Waals surface area (Å²) in [7, 11) is 0. The van der Waals surface area contributed by atoms with Crippen molar-refractivity contribution in [2.45, 2.75) is 26.3 Å². The van der Waals surface area contributed by atoms with Crippen molar-refractivity contribution in [1.82, 2.24) is 10.2 Å². The maximum Gasteiger partial charge on any atom is 0.276 e. The van der Waals surface area contributed by atoms with Crippen LogP contribution in [0.25, 0.3) is 0 Å². The molecule has 7 nitrogen and oxygen atoms in total. The molecule has 1 aliphatic rings. The van der Waals surface area contributed by atoms with Crippen LogP contribution in [0, 0.1) is 0 Å². The molecule has 1 amide bonds. The van der Waals surface area contributed by atoms with Gasteiger partial charge in [-0.05, 0) is 45.0 Å². The maximum absolute atomic E-state index is 12.3. The number of aromatic nitrogens is 2. The predicted octanol–water partition coefficient (Wildman–Crippen LogP) is 2.71. The minimum atomic E-state index is -0.332. The molecule has 0 saturated carbocycles. The van der Waals surface area contributed by atoms with E-state index >= 15 is 0 Å². The first kappa shape index (κ1) is 16.0. The zero-order valence-electron chi connectivity index (χ0n) is 13.9. The lowest BCUT2D eigenvalue weighted by Crippen LogP contribution is -2.27. The summed E-state index contributed by atoms with van der Waals surface area (Å²) in [6.45, 7) is 7.10. The molecule has 0 radical (unpaired) electrons. The Hall–Kier alpha value is -2.83. The monoisotopic (exact) mass is 328 g/mol. The number of nitrogens with zero attached hydrogens (tertiary/aromatic N) is 2. The van der Waals surface area contributed by atoms with E-state index in [1.165, 1.54) is 0 Å². The van der Waals surface area contributed by atoms with E-state index in [0.29, 0.717) is 36.2 Å². The Balaban J connectivity index is 1.68. The third-order valence-corrected chi connectivity index (χ3v) is 3.20. The summed E-state index contributed by atoms with van der Waals surface area (Å²) in [5.74, 6) is 1.59. The van der Waals surface area contributed by atoms with Crippen molar-refractivity contribution < 1.29 is 14.3 Å². The largest absolute Gasteiger partial charge is 0.486 e. The molecular weight excluding hydrogens is 308 g/mol. The minimum absolute atomic E-state index is 0.121. The van der Waals surface area contributed by atoms with Crippen LogP contribution in [0.5, 0.6) is 11.5 Å². The van der Waals surface area contributed by atoms with E-state index in [0.717, 1.165) is 0 Å². The van der Waals surface area contributed by atoms with Crippen LogP contribution in [0.15, 0.2) is 30.3 Å². The van der Waals surface area contributed by atoms with Crippen molar-refractivity contribution >= 4 is 17.4 Å². The Bertz CT molecular complexity index is 738. The van der Waals surface area contributed by atoms with Crippen LogP contribution >= 0.6 is 0 Å². The topological polar surface area (TPSA) is 85.4 Å². The van der Waals surface area contributed by atoms with E-state index in [2.05, 4.69) is 20.8 Å². The first-order valence-corrected chi connectivity index (χ1v) is 7.74. The van der Waals surface area contributed by atoms with Crippen LogP contribution in [0.2, 0.25) is 0 Å². The Morgan fingerprint density at radius 3 is 2.46 bits per heavy atom. The Morgan fingerprint density at radius 2 is 1.79 bits per heavy atom. The third kappa shape index (κ3) is 3.92. The average molecular weight is 328 g/mol. The summed E-state index contributed by atoms with van der Waals surface area (Å²) in [6, 6.07) is 8.63. The van der Waals surface area contributed by atoms with Gasteiger partial charge in [0.1, 0.15) is 19.0 Å². The first-order valence-electron chi connectivity index (χ1n) is 7.74. The number of hydrogen-bond donors (Lipinski definition) is 2. The molecule has 3 rings (SSSR count). The molecule has 2 N–H and O–H groups in total. The number of rotatable bonds is 3. The predicted molar refractivity (Wildman–Crippen MR) is 90.8 cm³/mol. The van der Waals surface area contributed by atoms with E-state index < -0.39 is 0 Å². The highest BCUT2D eigenvalue weighted by Crippen LogP contribution is 2.32. The van der Waals surface area contributed by atoms with Gasteiger partial charge in [0.25, 0.3) is 5.91 Å². The molecule has 1 aromatic carbocycles. The summed E-state index contributed by atoms with van der Waals surface area (Å²) in [4.78, 5) is 12.3. The standard InChI is InChI=1S/C17H20N4O3/c1-17(2,3)19-15-7-5-12(20-21-15)16(22)18-11-4-6-13-14(10-11)24-9-8-23-13/h4-7,10H,8-9H2,1-3H3,(H,18,22)(H,19,21). The van der Waals surface area contributed by atoms with Crippen LogP contribution < -0.4 is 20.1 Å². The van der Waals surface area contributed by atoms with Crippen molar-refractivity contribution in [2.24, 2.45) is 0 Å². The second-order valence-corrected chi connectivity index (χ2v) is 6.49. The molecule has 24 heavy (non-hydrogen) atoms. The van der Waals surface area contributed by atoms with Crippen LogP contribution in [-0.2, 0) is 0 Å². The van der Waals surface area contributed by atoms with Crippen molar-refractivity contribution in [3.05, 3.63) is 36.0 Å². The number of amides is 1. The van der Waals surface area contributed by atoms with Gasteiger partial charge in [0.05, 0.1) is 0 Å². The summed E-state index contributed by atoms with van der Waals surface area (Å²) in [5.41, 5.74) is 0.733. The van der Waals surface area contributed by atoms with Crippen LogP contribution in [-0.4, -0.2) is 34.9 Å². The van der Waals surface area contributed by atoms with Gasteiger partial charge in [0.2, 0.25) is 0 Å². The average Bonchev–Trinajstić information content (AvgIpc) is 2.54. The lowest BCUT2D eigenvalue weighted by Gasteiger charge is -2.20. The zero-order chi connectivity index (χ0) is 17.2. The van der Waals surface area contributed by atoms with Crippen LogP contribution in [0.1, 0.15) is 31.3 Å². The number of ether oxygens (including phenoxy) is 2. The summed E-state index contributed by atoms with van der Waals surface area (Å²) >= 11 is 0. The van der Waals surface area contributed by atoms with Gasteiger partial charge in [-0.3, -0.25) is 4.79 Å². The van der Waals surface area contributed by atoms with Gasteiger partial charge >= 0.3 is 0 Å². The maximum atomic E-state index is 12.3. The number of carbonyl (C=O) groups is 1. The van der Waals surface area contributed by atoms with Gasteiger partial charge in [0, 0.05) is 17.3 Å². The van der Waals surface area contributed by atoms with E-state index in [1.807, 2.05) is 20.8 Å². The van der Waals surface area contributed by atoms with E-state index in [-0.39, 0.29) is 17.1 Å². The fourth-order valence-electron chi connectivity index (χ4n) is 2.22. The van der Waals surface area contributed by atoms with Gasteiger partial charge in [-0.1, -0.05) is 0 Å². The molecule has 0 atom stereocenters. The normalized spacial score (nSPS) is 13.3. The van der Waals surface area contributed by atoms with E-state index in [4.69, 9.17) is 9.47 Å². The van der Waals surface area contributed by atoms with E-state index in [9.17, 15) is 4.79 Å². The molecule has 0 spiro atoms. The van der Waals surface area contributed by atoms with Crippen molar-refractivity contribution in [2.75, 3.05) is 23.8 Å². The Labute approximate surface area is 140 Å². The second kappa shape index (κ2) is 6.35. The SMILES string of the molecule is CC(C)(C)Nc1ccc(C(=O)Nc2ccc3c(c2)OCCO3)nn1. The molecule has 1 aliphatic heterocycles. The fourth-order valence-corrected chi connectivity index (χ4v) is 2.22. The number of nitrogens with one attached hydrogen (secondary N) is 2. The summed E-state index contributed by atoms with van der Waals surface area (Å²) < 4.78 is 11.0. The molecule has 0 unspecified atom stereocenters. The Morgan fingerprint density at radius 1 is 1.04 bits per heavy atom. The van der Waals surface area contributed by atoms with Gasteiger partial charge in [-0.25, -0.2) is 0 Å². The molecule has 2 aromatic rings. The van der Waals surface area contributed by atoms with E-state index in [1.54, 1.807) is 30.3 Å². The third-order valence-electron chi connectivity index (χ3n) is 3.20. The highest BCUT2D eigenvalue weighted by Gasteiger charge is 2.15. The zero-order valence-corrected chi connectivity index (χ0v) is 13.9. The minimum Gasteiger partial charge on any atom is -0.486 e. The second-order valence-electron chi connectivity index (χ2n) is 6.49. The Kier molecular flexibility index (Phi) is 4.24. The lowest BCUT2D eigenvalue weighted by molar-refractivity contribution is 0.102. The fraction of sp³-hybridized carbons (Fsp3) is 0.353. The number of fused-ring (bicyclic) bond motifs is 1. The van der Waals surface area contributed by atoms with Crippen molar-refractivity contribution in [1.29, 1.82) is 0 Å². The highest BCUT2D eigenvalue weighted by atomic mass is 16.6. The van der Waals surface area contributed by atoms with Crippen LogP contribution in [0.4, 0.5) is 11.5 Å². The molecule has 7 heteroatoms. The molecular formula is C17H20N4O3. The summed E-state index contributed by atoms with van der Waals surface area (Å²) in [6.07, 6.45) is 0. The molecule has 1 aromatic heterocycles. The van der Waals surface area contributed by atoms with Gasteiger partial charge in [-0.15, -0.1) is 10.2 Å². The lowest BCUT2D eigenvalue weighted by atomic mass is 10.1. The molecule has 0 fully saturated rings. The number of anilines is 2. The van der Waals surface area contributed by atoms with Crippen molar-refractivity contribution in [3.63, 3.8) is 0 Å². The first-order chi connectivity index (χ1) is 11.4. The molecule has 2 heterocycles. The van der Waals surface area contributed by atoms with Gasteiger partial charge in [0.15, 0.2) is 17.2 Å². The molecule has 126 valence electrons. The van der Waals surface area contributed by atoms with Gasteiger partial charge < -0.3 is 20.1 Å². The molecule has 0 saturated heterocycles. The summed E-state index contributed by atoms with van der Waals surface area (Å²) in [5, 5.41) is 14.0. The quantitative estimate of drug-likeness (QED) is 0.901. The molecule has 0 bridgehead atoms. The van der Waals surface area contributed by atoms with Crippen molar-refractivity contribution in [3.8, 4) is 11.5 Å². The van der Waals surface area contributed by atoms with Crippen LogP contribution in [0.3, 0.4) is 0 Å². The highest BCUT2D eigenvalue weighted by molar-refractivity contribution is 6.02. The number of benzene rings is 1. The molecule has 0 aliphatic carbocycles. The number of carbonyl (C=O) groups excluding carboxylic acids is 1. The van der Waals surface area contributed by atoms with Gasteiger partial charge in [-0.2, -0.15) is 0 Å². The smallest absolute Gasteiger partial charge is 0.276 e.